The van der Waals surface area contributed by atoms with Gasteiger partial charge in [-0.05, 0) is 42.5 Å². The topological polar surface area (TPSA) is 105 Å². The molecule has 8 heteroatoms. The fraction of sp³-hybridized carbons (Fsp3) is 0.400. The quantitative estimate of drug-likeness (QED) is 0.775. The number of carbonyl (C=O) groups is 3. The number of aliphatic carboxylic acids is 1. The first-order valence-electron chi connectivity index (χ1n) is 7.05. The van der Waals surface area contributed by atoms with Crippen LogP contribution in [0.4, 0.5) is 10.5 Å². The first-order valence-corrected chi connectivity index (χ1v) is 8.21. The zero-order valence-electron chi connectivity index (χ0n) is 12.6. The molecule has 1 heterocycles. The number of nitrogens with one attached hydrogen (secondary N) is 2. The van der Waals surface area contributed by atoms with Gasteiger partial charge in [0.1, 0.15) is 5.54 Å². The third-order valence-corrected chi connectivity index (χ3v) is 4.65. The van der Waals surface area contributed by atoms with Crippen LogP contribution in [0, 0.1) is 0 Å². The molecule has 1 saturated heterocycles. The van der Waals surface area contributed by atoms with Gasteiger partial charge in [0.2, 0.25) is 0 Å². The third kappa shape index (κ3) is 4.16. The number of hydrogen-bond donors (Lipinski definition) is 3. The van der Waals surface area contributed by atoms with E-state index in [-0.39, 0.29) is 5.56 Å². The van der Waals surface area contributed by atoms with Crippen molar-refractivity contribution in [2.45, 2.75) is 18.4 Å². The summed E-state index contributed by atoms with van der Waals surface area (Å²) >= 11 is 1.67. The van der Waals surface area contributed by atoms with Crippen molar-refractivity contribution in [1.29, 1.82) is 0 Å². The third-order valence-electron chi connectivity index (χ3n) is 3.67. The van der Waals surface area contributed by atoms with Gasteiger partial charge in [-0.2, -0.15) is 11.8 Å². The number of carboxylic acid groups (broad SMARTS) is 1. The zero-order chi connectivity index (χ0) is 16.9. The number of carbonyl (C=O) groups excluding carboxylic acids is 2. The van der Waals surface area contributed by atoms with E-state index in [0.29, 0.717) is 30.0 Å². The maximum Gasteiger partial charge on any atom is 0.411 e. The summed E-state index contributed by atoms with van der Waals surface area (Å²) in [4.78, 5) is 35.2. The molecule has 3 N–H and O–H groups in total. The zero-order valence-corrected chi connectivity index (χ0v) is 13.4. The number of thioether (sulfide) groups is 1. The van der Waals surface area contributed by atoms with Crippen LogP contribution in [-0.4, -0.2) is 47.2 Å². The van der Waals surface area contributed by atoms with E-state index < -0.39 is 23.5 Å². The highest BCUT2D eigenvalue weighted by Gasteiger charge is 2.41. The van der Waals surface area contributed by atoms with E-state index in [1.165, 1.54) is 13.2 Å². The van der Waals surface area contributed by atoms with Gasteiger partial charge in [-0.1, -0.05) is 6.07 Å². The van der Waals surface area contributed by atoms with E-state index >= 15 is 0 Å². The first-order chi connectivity index (χ1) is 11.0. The highest BCUT2D eigenvalue weighted by atomic mass is 32.2. The molecule has 1 aromatic rings. The molecule has 1 fully saturated rings. The first kappa shape index (κ1) is 17.1. The molecule has 124 valence electrons. The van der Waals surface area contributed by atoms with Crippen molar-refractivity contribution in [1.82, 2.24) is 5.32 Å². The SMILES string of the molecule is COC(=O)Nc1cccc(C(=O)NC2(C(=O)O)CCSCC2)c1. The van der Waals surface area contributed by atoms with Crippen molar-refractivity contribution < 1.29 is 24.2 Å². The summed E-state index contributed by atoms with van der Waals surface area (Å²) < 4.78 is 4.49. The lowest BCUT2D eigenvalue weighted by Gasteiger charge is -2.33. The lowest BCUT2D eigenvalue weighted by molar-refractivity contribution is -0.144. The smallest absolute Gasteiger partial charge is 0.411 e. The van der Waals surface area contributed by atoms with Crippen LogP contribution >= 0.6 is 11.8 Å². The molecule has 0 unspecified atom stereocenters. The maximum absolute atomic E-state index is 12.4. The standard InChI is InChI=1S/C15H18N2O5S/c1-22-14(21)16-11-4-2-3-10(9-11)12(18)17-15(13(19)20)5-7-23-8-6-15/h2-4,9H,5-8H2,1H3,(H,16,21)(H,17,18)(H,19,20). The summed E-state index contributed by atoms with van der Waals surface area (Å²) in [6.45, 7) is 0. The molecule has 1 aliphatic rings. The van der Waals surface area contributed by atoms with Gasteiger partial charge in [-0.25, -0.2) is 9.59 Å². The number of anilines is 1. The molecule has 0 spiro atoms. The van der Waals surface area contributed by atoms with Crippen LogP contribution in [0.25, 0.3) is 0 Å². The van der Waals surface area contributed by atoms with Crippen molar-refractivity contribution in [3.8, 4) is 0 Å². The lowest BCUT2D eigenvalue weighted by Crippen LogP contribution is -2.56. The summed E-state index contributed by atoms with van der Waals surface area (Å²) in [5, 5.41) is 14.6. The number of methoxy groups -OCH3 is 1. The summed E-state index contributed by atoms with van der Waals surface area (Å²) in [5.74, 6) is -0.115. The Hall–Kier alpha value is -2.22. The van der Waals surface area contributed by atoms with Gasteiger partial charge in [0.15, 0.2) is 0 Å². The minimum atomic E-state index is -1.23. The molecule has 0 atom stereocenters. The largest absolute Gasteiger partial charge is 0.480 e. The van der Waals surface area contributed by atoms with Crippen LogP contribution in [0.1, 0.15) is 23.2 Å². The Labute approximate surface area is 137 Å². The molecule has 1 aliphatic heterocycles. The number of amides is 2. The van der Waals surface area contributed by atoms with Crippen molar-refractivity contribution in [2.75, 3.05) is 23.9 Å². The van der Waals surface area contributed by atoms with Crippen LogP contribution in [0.3, 0.4) is 0 Å². The van der Waals surface area contributed by atoms with Crippen LogP contribution in [0.5, 0.6) is 0 Å². The van der Waals surface area contributed by atoms with E-state index in [1.54, 1.807) is 30.0 Å². The predicted octanol–water partition coefficient (Wildman–Crippen LogP) is 1.95. The Morgan fingerprint density at radius 2 is 1.96 bits per heavy atom. The van der Waals surface area contributed by atoms with Gasteiger partial charge < -0.3 is 15.2 Å². The Balaban J connectivity index is 2.14. The average Bonchev–Trinajstić information content (AvgIpc) is 2.55. The number of benzene rings is 1. The van der Waals surface area contributed by atoms with Crippen LogP contribution in [0.15, 0.2) is 24.3 Å². The molecular weight excluding hydrogens is 320 g/mol. The number of carboxylic acids is 1. The fourth-order valence-electron chi connectivity index (χ4n) is 2.31. The number of hydrogen-bond acceptors (Lipinski definition) is 5. The molecule has 1 aromatic carbocycles. The molecule has 0 saturated carbocycles. The molecule has 2 rings (SSSR count). The molecule has 23 heavy (non-hydrogen) atoms. The Morgan fingerprint density at radius 1 is 1.26 bits per heavy atom. The minimum absolute atomic E-state index is 0.276. The second-order valence-electron chi connectivity index (χ2n) is 5.15. The molecule has 0 radical (unpaired) electrons. The number of rotatable bonds is 4. The second kappa shape index (κ2) is 7.36. The molecule has 0 bridgehead atoms. The van der Waals surface area contributed by atoms with Crippen molar-refractivity contribution in [3.05, 3.63) is 29.8 Å². The molecule has 2 amide bonds. The molecule has 0 aromatic heterocycles. The van der Waals surface area contributed by atoms with Crippen LogP contribution < -0.4 is 10.6 Å². The van der Waals surface area contributed by atoms with Gasteiger partial charge in [-0.3, -0.25) is 10.1 Å². The van der Waals surface area contributed by atoms with E-state index in [9.17, 15) is 19.5 Å². The summed E-state index contributed by atoms with van der Waals surface area (Å²) in [6.07, 6.45) is 0.131. The van der Waals surface area contributed by atoms with Crippen LogP contribution in [0.2, 0.25) is 0 Å². The van der Waals surface area contributed by atoms with E-state index in [4.69, 9.17) is 0 Å². The van der Waals surface area contributed by atoms with Gasteiger partial charge >= 0.3 is 12.1 Å². The monoisotopic (exact) mass is 338 g/mol. The van der Waals surface area contributed by atoms with Gasteiger partial charge in [-0.15, -0.1) is 0 Å². The fourth-order valence-corrected chi connectivity index (χ4v) is 3.50. The van der Waals surface area contributed by atoms with Crippen molar-refractivity contribution in [3.63, 3.8) is 0 Å². The highest BCUT2D eigenvalue weighted by molar-refractivity contribution is 7.99. The molecular formula is C15H18N2O5S. The maximum atomic E-state index is 12.4. The highest BCUT2D eigenvalue weighted by Crippen LogP contribution is 2.28. The van der Waals surface area contributed by atoms with Gasteiger partial charge in [0, 0.05) is 11.3 Å². The summed E-state index contributed by atoms with van der Waals surface area (Å²) in [6, 6.07) is 6.24. The van der Waals surface area contributed by atoms with Crippen molar-refractivity contribution >= 4 is 35.4 Å². The Bertz CT molecular complexity index is 614. The normalized spacial score (nSPS) is 16.2. The predicted molar refractivity (Wildman–Crippen MR) is 86.9 cm³/mol. The van der Waals surface area contributed by atoms with Gasteiger partial charge in [0.05, 0.1) is 7.11 Å². The Kier molecular flexibility index (Phi) is 5.49. The minimum Gasteiger partial charge on any atom is -0.480 e. The Morgan fingerprint density at radius 3 is 2.57 bits per heavy atom. The lowest BCUT2D eigenvalue weighted by atomic mass is 9.92. The molecule has 0 aliphatic carbocycles. The summed E-state index contributed by atoms with van der Waals surface area (Å²) in [7, 11) is 1.24. The second-order valence-corrected chi connectivity index (χ2v) is 6.38. The summed E-state index contributed by atoms with van der Waals surface area (Å²) in [5.41, 5.74) is -0.556. The average molecular weight is 338 g/mol. The van der Waals surface area contributed by atoms with E-state index in [1.807, 2.05) is 0 Å². The van der Waals surface area contributed by atoms with Crippen LogP contribution in [-0.2, 0) is 9.53 Å². The van der Waals surface area contributed by atoms with E-state index in [0.717, 1.165) is 0 Å². The van der Waals surface area contributed by atoms with E-state index in [2.05, 4.69) is 15.4 Å². The van der Waals surface area contributed by atoms with Gasteiger partial charge in [0.25, 0.3) is 5.91 Å². The van der Waals surface area contributed by atoms with Crippen molar-refractivity contribution in [2.24, 2.45) is 0 Å². The molecule has 7 nitrogen and oxygen atoms in total. The number of ether oxygens (including phenoxy) is 1.